The van der Waals surface area contributed by atoms with Crippen molar-refractivity contribution in [3.05, 3.63) is 36.3 Å². The molecule has 32 heavy (non-hydrogen) atoms. The Labute approximate surface area is 186 Å². The lowest BCUT2D eigenvalue weighted by atomic mass is 10.3. The molecule has 0 radical (unpaired) electrons. The quantitative estimate of drug-likeness (QED) is 0.437. The van der Waals surface area contributed by atoms with E-state index in [0.29, 0.717) is 5.82 Å². The standard InChI is InChI=1S/C18H25N5O7S2/c1-13-20-17(11-23(13)4)31(26,27)19-9-8-18(25)30-12-16(24)21-14-6-5-7-15(10-14)32(28,29)22(2)3/h5-7,10-11,19H,8-9,12H2,1-4H3,(H,21,24). The van der Waals surface area contributed by atoms with E-state index in [-0.39, 0.29) is 28.6 Å². The highest BCUT2D eigenvalue weighted by Crippen LogP contribution is 2.18. The summed E-state index contributed by atoms with van der Waals surface area (Å²) < 4.78 is 58.2. The number of benzene rings is 1. The first-order valence-electron chi connectivity index (χ1n) is 9.30. The molecule has 0 fully saturated rings. The largest absolute Gasteiger partial charge is 0.456 e. The number of hydrogen-bond acceptors (Lipinski definition) is 8. The summed E-state index contributed by atoms with van der Waals surface area (Å²) in [6.07, 6.45) is 1.05. The second kappa shape index (κ2) is 10.2. The predicted molar refractivity (Wildman–Crippen MR) is 115 cm³/mol. The summed E-state index contributed by atoms with van der Waals surface area (Å²) in [5.41, 5.74) is 0.215. The van der Waals surface area contributed by atoms with Gasteiger partial charge in [-0.05, 0) is 25.1 Å². The Bertz CT molecular complexity index is 1180. The molecule has 0 unspecified atom stereocenters. The molecule has 0 aliphatic carbocycles. The van der Waals surface area contributed by atoms with Crippen molar-refractivity contribution in [3.63, 3.8) is 0 Å². The topological polar surface area (TPSA) is 157 Å². The lowest BCUT2D eigenvalue weighted by Gasteiger charge is -2.12. The predicted octanol–water partition coefficient (Wildman–Crippen LogP) is -0.171. The van der Waals surface area contributed by atoms with E-state index in [1.54, 1.807) is 18.5 Å². The monoisotopic (exact) mass is 487 g/mol. The number of imidazole rings is 1. The molecule has 14 heteroatoms. The van der Waals surface area contributed by atoms with Crippen molar-refractivity contribution in [1.29, 1.82) is 0 Å². The number of hydrogen-bond donors (Lipinski definition) is 2. The van der Waals surface area contributed by atoms with Gasteiger partial charge in [-0.2, -0.15) is 0 Å². The van der Waals surface area contributed by atoms with Gasteiger partial charge in [0.2, 0.25) is 10.0 Å². The molecule has 1 aromatic heterocycles. The van der Waals surface area contributed by atoms with Crippen molar-refractivity contribution in [2.75, 3.05) is 32.6 Å². The van der Waals surface area contributed by atoms with Gasteiger partial charge in [-0.15, -0.1) is 0 Å². The van der Waals surface area contributed by atoms with E-state index < -0.39 is 38.5 Å². The highest BCUT2D eigenvalue weighted by atomic mass is 32.2. The van der Waals surface area contributed by atoms with Crippen LogP contribution in [0.1, 0.15) is 12.2 Å². The van der Waals surface area contributed by atoms with Gasteiger partial charge >= 0.3 is 5.97 Å². The minimum Gasteiger partial charge on any atom is -0.456 e. The maximum Gasteiger partial charge on any atom is 0.307 e. The SMILES string of the molecule is Cc1nc(S(=O)(=O)NCCC(=O)OCC(=O)Nc2cccc(S(=O)(=O)N(C)C)c2)cn1C. The number of anilines is 1. The van der Waals surface area contributed by atoms with Gasteiger partial charge in [0.25, 0.3) is 15.9 Å². The fourth-order valence-electron chi connectivity index (χ4n) is 2.38. The van der Waals surface area contributed by atoms with Gasteiger partial charge in [0.15, 0.2) is 11.6 Å². The van der Waals surface area contributed by atoms with Gasteiger partial charge in [0, 0.05) is 39.6 Å². The summed E-state index contributed by atoms with van der Waals surface area (Å²) in [5, 5.41) is 2.27. The molecule has 0 aliphatic rings. The molecular formula is C18H25N5O7S2. The maximum absolute atomic E-state index is 12.2. The summed E-state index contributed by atoms with van der Waals surface area (Å²) in [7, 11) is -3.12. The van der Waals surface area contributed by atoms with E-state index in [9.17, 15) is 26.4 Å². The van der Waals surface area contributed by atoms with Crippen molar-refractivity contribution in [2.24, 2.45) is 7.05 Å². The van der Waals surface area contributed by atoms with Crippen LogP contribution in [0.4, 0.5) is 5.69 Å². The van der Waals surface area contributed by atoms with Crippen LogP contribution in [0, 0.1) is 6.92 Å². The van der Waals surface area contributed by atoms with Crippen LogP contribution in [-0.2, 0) is 41.4 Å². The van der Waals surface area contributed by atoms with Gasteiger partial charge in [-0.3, -0.25) is 9.59 Å². The van der Waals surface area contributed by atoms with Gasteiger partial charge in [0.05, 0.1) is 11.3 Å². The van der Waals surface area contributed by atoms with Gasteiger partial charge in [-0.25, -0.2) is 30.8 Å². The molecule has 1 amide bonds. The summed E-state index contributed by atoms with van der Waals surface area (Å²) in [6.45, 7) is 0.803. The first-order chi connectivity index (χ1) is 14.8. The minimum absolute atomic E-state index is 0.00678. The third kappa shape index (κ3) is 6.59. The Hall–Kier alpha value is -2.81. The summed E-state index contributed by atoms with van der Waals surface area (Å²) in [6, 6.07) is 5.62. The third-order valence-corrected chi connectivity index (χ3v) is 7.39. The highest BCUT2D eigenvalue weighted by Gasteiger charge is 2.20. The van der Waals surface area contributed by atoms with Crippen LogP contribution in [0.2, 0.25) is 0 Å². The number of carbonyl (C=O) groups excluding carboxylic acids is 2. The number of aromatic nitrogens is 2. The van der Waals surface area contributed by atoms with Crippen LogP contribution in [0.3, 0.4) is 0 Å². The zero-order valence-electron chi connectivity index (χ0n) is 18.0. The molecular weight excluding hydrogens is 462 g/mol. The Kier molecular flexibility index (Phi) is 8.12. The molecule has 0 atom stereocenters. The van der Waals surface area contributed by atoms with Crippen LogP contribution in [0.15, 0.2) is 40.4 Å². The molecule has 0 aliphatic heterocycles. The maximum atomic E-state index is 12.2. The molecule has 0 spiro atoms. The Morgan fingerprint density at radius 3 is 2.47 bits per heavy atom. The average molecular weight is 488 g/mol. The molecule has 2 rings (SSSR count). The first-order valence-corrected chi connectivity index (χ1v) is 12.2. The van der Waals surface area contributed by atoms with Crippen molar-refractivity contribution < 1.29 is 31.2 Å². The van der Waals surface area contributed by atoms with E-state index in [4.69, 9.17) is 4.74 Å². The number of aryl methyl sites for hydroxylation is 2. The molecule has 0 saturated carbocycles. The number of rotatable bonds is 10. The average Bonchev–Trinajstić information content (AvgIpc) is 3.06. The second-order valence-electron chi connectivity index (χ2n) is 6.91. The van der Waals surface area contributed by atoms with Crippen LogP contribution in [0.5, 0.6) is 0 Å². The highest BCUT2D eigenvalue weighted by molar-refractivity contribution is 7.89. The molecule has 2 N–H and O–H groups in total. The molecule has 1 heterocycles. The summed E-state index contributed by atoms with van der Waals surface area (Å²) in [4.78, 5) is 27.7. The number of nitrogens with one attached hydrogen (secondary N) is 2. The fourth-order valence-corrected chi connectivity index (χ4v) is 4.39. The summed E-state index contributed by atoms with van der Waals surface area (Å²) in [5.74, 6) is -0.952. The second-order valence-corrected chi connectivity index (χ2v) is 10.8. The first kappa shape index (κ1) is 25.5. The van der Waals surface area contributed by atoms with E-state index in [1.165, 1.54) is 44.6 Å². The Balaban J connectivity index is 1.82. The van der Waals surface area contributed by atoms with Crippen LogP contribution < -0.4 is 10.0 Å². The molecule has 12 nitrogen and oxygen atoms in total. The minimum atomic E-state index is -3.87. The normalized spacial score (nSPS) is 12.0. The van der Waals surface area contributed by atoms with Crippen LogP contribution in [-0.4, -0.2) is 69.8 Å². The Morgan fingerprint density at radius 1 is 1.19 bits per heavy atom. The molecule has 0 saturated heterocycles. The Morgan fingerprint density at radius 2 is 1.88 bits per heavy atom. The van der Waals surface area contributed by atoms with Crippen LogP contribution in [0.25, 0.3) is 0 Å². The third-order valence-electron chi connectivity index (χ3n) is 4.24. The lowest BCUT2D eigenvalue weighted by molar-refractivity contribution is -0.147. The fraction of sp³-hybridized carbons (Fsp3) is 0.389. The smallest absolute Gasteiger partial charge is 0.307 e. The van der Waals surface area contributed by atoms with Crippen LogP contribution >= 0.6 is 0 Å². The number of esters is 1. The molecule has 176 valence electrons. The number of ether oxygens (including phenoxy) is 1. The van der Waals surface area contributed by atoms with Crippen molar-refractivity contribution in [1.82, 2.24) is 18.6 Å². The van der Waals surface area contributed by atoms with Crippen molar-refractivity contribution in [2.45, 2.75) is 23.3 Å². The van der Waals surface area contributed by atoms with E-state index in [2.05, 4.69) is 15.0 Å². The molecule has 2 aromatic rings. The zero-order valence-corrected chi connectivity index (χ0v) is 19.7. The van der Waals surface area contributed by atoms with E-state index in [0.717, 1.165) is 4.31 Å². The van der Waals surface area contributed by atoms with Gasteiger partial charge in [0.1, 0.15) is 5.82 Å². The number of amides is 1. The van der Waals surface area contributed by atoms with Crippen molar-refractivity contribution >= 4 is 37.6 Å². The van der Waals surface area contributed by atoms with E-state index >= 15 is 0 Å². The summed E-state index contributed by atoms with van der Waals surface area (Å²) >= 11 is 0. The zero-order chi connectivity index (χ0) is 24.1. The van der Waals surface area contributed by atoms with E-state index in [1.807, 2.05) is 0 Å². The van der Waals surface area contributed by atoms with Gasteiger partial charge < -0.3 is 14.6 Å². The van der Waals surface area contributed by atoms with Crippen molar-refractivity contribution in [3.8, 4) is 0 Å². The number of sulfonamides is 2. The number of carbonyl (C=O) groups is 2. The molecule has 1 aromatic carbocycles. The lowest BCUT2D eigenvalue weighted by Crippen LogP contribution is -2.28. The van der Waals surface area contributed by atoms with Gasteiger partial charge in [-0.1, -0.05) is 6.07 Å². The molecule has 0 bridgehead atoms. The number of nitrogens with zero attached hydrogens (tertiary/aromatic N) is 3.